The van der Waals surface area contributed by atoms with E-state index in [1.807, 2.05) is 0 Å². The van der Waals surface area contributed by atoms with Gasteiger partial charge in [0.1, 0.15) is 6.04 Å². The van der Waals surface area contributed by atoms with Gasteiger partial charge < -0.3 is 10.6 Å². The molecule has 0 radical (unpaired) electrons. The van der Waals surface area contributed by atoms with Crippen molar-refractivity contribution in [2.24, 2.45) is 17.8 Å². The number of amides is 1. The molecule has 4 N–H and O–H groups in total. The molecule has 23 heavy (non-hydrogen) atoms. The Bertz CT molecular complexity index is 446. The molecular formula is C16H31N3O3S. The van der Waals surface area contributed by atoms with Crippen molar-refractivity contribution in [1.29, 1.82) is 0 Å². The first-order chi connectivity index (χ1) is 10.9. The number of carbonyl (C=O) groups is 1. The van der Waals surface area contributed by atoms with Crippen LogP contribution in [0.1, 0.15) is 39.5 Å². The molecule has 2 aliphatic heterocycles. The Balaban J connectivity index is 1.68. The predicted octanol–water partition coefficient (Wildman–Crippen LogP) is 1.89. The first kappa shape index (κ1) is 17.5. The number of hydrogen-bond acceptors (Lipinski definition) is 5. The highest BCUT2D eigenvalue weighted by Crippen LogP contribution is 2.50. The summed E-state index contributed by atoms with van der Waals surface area (Å²) in [7, 11) is -2.77. The molecule has 3 rings (SSSR count). The van der Waals surface area contributed by atoms with Crippen LogP contribution in [0.4, 0.5) is 0 Å². The average Bonchev–Trinajstić information content (AvgIpc) is 3.13. The molecule has 2 saturated heterocycles. The van der Waals surface area contributed by atoms with Crippen LogP contribution in [0.2, 0.25) is 0 Å². The van der Waals surface area contributed by atoms with Gasteiger partial charge >= 0.3 is 0 Å². The highest BCUT2D eigenvalue weighted by Gasteiger charge is 2.43. The molecule has 134 valence electrons. The van der Waals surface area contributed by atoms with Crippen LogP contribution < -0.4 is 10.6 Å². The van der Waals surface area contributed by atoms with Crippen molar-refractivity contribution in [3.63, 3.8) is 0 Å². The molecule has 0 bridgehead atoms. The lowest BCUT2D eigenvalue weighted by atomic mass is 9.97. The molecule has 4 atom stereocenters. The Hall–Kier alpha value is -0.340. The summed E-state index contributed by atoms with van der Waals surface area (Å²) in [4.78, 5) is 12.9. The fraction of sp³-hybridized carbons (Fsp3) is 0.938. The second-order valence-corrected chi connectivity index (χ2v) is 9.89. The normalized spacial score (nSPS) is 36.1. The lowest BCUT2D eigenvalue weighted by Gasteiger charge is -2.41. The Kier molecular flexibility index (Phi) is 5.23. The summed E-state index contributed by atoms with van der Waals surface area (Å²) in [5, 5.41) is 6.66. The van der Waals surface area contributed by atoms with Gasteiger partial charge in [0, 0.05) is 19.1 Å². The topological polar surface area (TPSA) is 84.8 Å². The van der Waals surface area contributed by atoms with Crippen LogP contribution in [0.25, 0.3) is 0 Å². The zero-order valence-corrected chi connectivity index (χ0v) is 15.0. The van der Waals surface area contributed by atoms with Crippen molar-refractivity contribution >= 4 is 16.7 Å². The van der Waals surface area contributed by atoms with Crippen LogP contribution >= 0.6 is 10.8 Å². The maximum absolute atomic E-state index is 12.9. The zero-order valence-electron chi connectivity index (χ0n) is 14.2. The Morgan fingerprint density at radius 1 is 1.35 bits per heavy atom. The minimum absolute atomic E-state index is 0.0156. The van der Waals surface area contributed by atoms with E-state index in [9.17, 15) is 13.9 Å². The maximum Gasteiger partial charge on any atom is 0.239 e. The van der Waals surface area contributed by atoms with Crippen molar-refractivity contribution in [3.05, 3.63) is 0 Å². The molecule has 3 aliphatic rings. The second kappa shape index (κ2) is 6.88. The summed E-state index contributed by atoms with van der Waals surface area (Å²) in [6.45, 7) is 6.82. The van der Waals surface area contributed by atoms with Gasteiger partial charge in [-0.1, -0.05) is 13.8 Å². The Morgan fingerprint density at radius 3 is 2.78 bits per heavy atom. The molecular weight excluding hydrogens is 314 g/mol. The number of fused-ring (bicyclic) bond motifs is 1. The molecule has 0 unspecified atom stereocenters. The number of hydrogen-bond donors (Lipinski definition) is 4. The van der Waals surface area contributed by atoms with Gasteiger partial charge in [-0.15, -0.1) is 10.8 Å². The summed E-state index contributed by atoms with van der Waals surface area (Å²) >= 11 is 0. The lowest BCUT2D eigenvalue weighted by molar-refractivity contribution is -0.126. The zero-order chi connectivity index (χ0) is 16.6. The van der Waals surface area contributed by atoms with Crippen LogP contribution in [0.15, 0.2) is 0 Å². The summed E-state index contributed by atoms with van der Waals surface area (Å²) in [6, 6.07) is -0.183. The predicted molar refractivity (Wildman–Crippen MR) is 93.3 cm³/mol. The lowest BCUT2D eigenvalue weighted by Crippen LogP contribution is -2.51. The Morgan fingerprint density at radius 2 is 2.13 bits per heavy atom. The number of rotatable bonds is 5. The van der Waals surface area contributed by atoms with E-state index in [0.717, 1.165) is 25.9 Å². The second-order valence-electron chi connectivity index (χ2n) is 7.75. The summed E-state index contributed by atoms with van der Waals surface area (Å²) in [6.07, 6.45) is 3.65. The van der Waals surface area contributed by atoms with Crippen molar-refractivity contribution in [2.45, 2.75) is 51.6 Å². The third-order valence-electron chi connectivity index (χ3n) is 5.60. The fourth-order valence-electron chi connectivity index (χ4n) is 4.45. The van der Waals surface area contributed by atoms with Crippen molar-refractivity contribution in [2.75, 3.05) is 25.4 Å². The number of nitrogens with one attached hydrogen (secondary N) is 2. The highest BCUT2D eigenvalue weighted by molar-refractivity contribution is 8.22. The van der Waals surface area contributed by atoms with Crippen LogP contribution in [0, 0.1) is 17.8 Å². The highest BCUT2D eigenvalue weighted by atomic mass is 32.3. The van der Waals surface area contributed by atoms with E-state index in [4.69, 9.17) is 0 Å². The quantitative estimate of drug-likeness (QED) is 0.611. The third kappa shape index (κ3) is 3.69. The van der Waals surface area contributed by atoms with E-state index in [1.54, 1.807) is 4.31 Å². The van der Waals surface area contributed by atoms with Gasteiger partial charge in [0.05, 0.1) is 5.75 Å². The van der Waals surface area contributed by atoms with Crippen LogP contribution in [0.3, 0.4) is 0 Å². The van der Waals surface area contributed by atoms with E-state index in [2.05, 4.69) is 24.5 Å². The van der Waals surface area contributed by atoms with Crippen molar-refractivity contribution in [3.8, 4) is 0 Å². The van der Waals surface area contributed by atoms with Gasteiger partial charge in [0.15, 0.2) is 0 Å². The van der Waals surface area contributed by atoms with Gasteiger partial charge in [0.2, 0.25) is 5.91 Å². The molecule has 1 aliphatic carbocycles. The molecule has 7 heteroatoms. The summed E-state index contributed by atoms with van der Waals surface area (Å²) in [5.41, 5.74) is 0. The van der Waals surface area contributed by atoms with E-state index in [1.165, 1.54) is 6.42 Å². The van der Waals surface area contributed by atoms with E-state index < -0.39 is 16.8 Å². The van der Waals surface area contributed by atoms with Crippen LogP contribution in [-0.4, -0.2) is 56.8 Å². The minimum atomic E-state index is -2.77. The van der Waals surface area contributed by atoms with Gasteiger partial charge in [0.25, 0.3) is 0 Å². The standard InChI is InChI=1S/C16H31N3O3S/c1-11(2)8-15(19-6-3-7-23(19,21)22)16(20)18-14-5-4-12-9-17-10-13(12)14/h11-15,17,21-22H,3-10H2,1-2H3,(H,18,20)/t12-,13+,14+,15-/m0/s1. The molecule has 0 aromatic carbocycles. The molecule has 0 aromatic heterocycles. The summed E-state index contributed by atoms with van der Waals surface area (Å²) in [5.74, 6) is 1.95. The average molecular weight is 346 g/mol. The number of carbonyl (C=O) groups excluding carboxylic acids is 1. The van der Waals surface area contributed by atoms with E-state index in [-0.39, 0.29) is 11.9 Å². The van der Waals surface area contributed by atoms with Crippen LogP contribution in [-0.2, 0) is 4.79 Å². The van der Waals surface area contributed by atoms with Crippen molar-refractivity contribution in [1.82, 2.24) is 14.9 Å². The largest absolute Gasteiger partial charge is 0.352 e. The molecule has 2 heterocycles. The van der Waals surface area contributed by atoms with Gasteiger partial charge in [-0.2, -0.15) is 4.31 Å². The molecule has 6 nitrogen and oxygen atoms in total. The van der Waals surface area contributed by atoms with Gasteiger partial charge in [-0.05, 0) is 50.0 Å². The molecule has 3 fully saturated rings. The first-order valence-corrected chi connectivity index (χ1v) is 10.6. The Labute approximate surface area is 140 Å². The van der Waals surface area contributed by atoms with Crippen LogP contribution in [0.5, 0.6) is 0 Å². The van der Waals surface area contributed by atoms with E-state index >= 15 is 0 Å². The maximum atomic E-state index is 12.9. The fourth-order valence-corrected chi connectivity index (χ4v) is 6.21. The monoisotopic (exact) mass is 345 g/mol. The molecule has 1 saturated carbocycles. The number of nitrogens with zero attached hydrogens (tertiary/aromatic N) is 1. The van der Waals surface area contributed by atoms with Gasteiger partial charge in [-0.25, -0.2) is 0 Å². The van der Waals surface area contributed by atoms with Crippen molar-refractivity contribution < 1.29 is 13.9 Å². The molecule has 0 spiro atoms. The molecule has 1 amide bonds. The SMILES string of the molecule is CC(C)C[C@@H](C(=O)N[C@@H]1CC[C@H]2CNC[C@H]21)N1CCCS1(O)O. The smallest absolute Gasteiger partial charge is 0.239 e. The van der Waals surface area contributed by atoms with E-state index in [0.29, 0.717) is 36.5 Å². The third-order valence-corrected chi connectivity index (χ3v) is 7.63. The van der Waals surface area contributed by atoms with Gasteiger partial charge in [-0.3, -0.25) is 13.9 Å². The summed E-state index contributed by atoms with van der Waals surface area (Å²) < 4.78 is 22.2. The minimum Gasteiger partial charge on any atom is -0.352 e. The first-order valence-electron chi connectivity index (χ1n) is 8.92. The molecule has 0 aromatic rings.